The SMILES string of the molecule is NC1=N[C@@](c2cc(NC(=O)c3ncc(Cl)cn3)ccc2F)(C(F)F)COC1. The zero-order chi connectivity index (χ0) is 19.6. The van der Waals surface area contributed by atoms with Crippen LogP contribution in [0.2, 0.25) is 5.02 Å². The Morgan fingerprint density at radius 3 is 2.67 bits per heavy atom. The molecule has 11 heteroatoms. The molecule has 2 heterocycles. The molecule has 142 valence electrons. The normalized spacial score (nSPS) is 19.7. The smallest absolute Gasteiger partial charge is 0.293 e. The van der Waals surface area contributed by atoms with Gasteiger partial charge in [-0.1, -0.05) is 11.6 Å². The van der Waals surface area contributed by atoms with E-state index in [9.17, 15) is 18.0 Å². The first-order valence-electron chi connectivity index (χ1n) is 7.61. The van der Waals surface area contributed by atoms with Crippen LogP contribution in [0.4, 0.5) is 18.9 Å². The Hall–Kier alpha value is -2.72. The molecule has 0 bridgehead atoms. The second kappa shape index (κ2) is 7.49. The lowest BCUT2D eigenvalue weighted by atomic mass is 9.90. The number of nitrogens with zero attached hydrogens (tertiary/aromatic N) is 3. The molecule has 7 nitrogen and oxygen atoms in total. The fraction of sp³-hybridized carbons (Fsp3) is 0.250. The lowest BCUT2D eigenvalue weighted by Crippen LogP contribution is -2.45. The van der Waals surface area contributed by atoms with Gasteiger partial charge in [-0.15, -0.1) is 0 Å². The standard InChI is InChI=1S/C16H13ClF3N5O2/c17-8-4-22-13(23-5-8)14(26)24-9-1-2-11(18)10(3-9)16(15(19)20)7-27-6-12(21)25-16/h1-5,15H,6-7H2,(H2,21,25)(H,24,26)/t16-/m0/s1. The Morgan fingerprint density at radius 1 is 1.33 bits per heavy atom. The third-order valence-corrected chi connectivity index (χ3v) is 3.99. The van der Waals surface area contributed by atoms with Gasteiger partial charge in [0, 0.05) is 23.6 Å². The van der Waals surface area contributed by atoms with Gasteiger partial charge in [0.05, 0.1) is 11.6 Å². The number of alkyl halides is 2. The molecule has 1 aliphatic heterocycles. The van der Waals surface area contributed by atoms with Gasteiger partial charge in [0.15, 0.2) is 5.54 Å². The number of aliphatic imine (C=N–C) groups is 1. The van der Waals surface area contributed by atoms with E-state index in [-0.39, 0.29) is 29.0 Å². The van der Waals surface area contributed by atoms with E-state index in [1.165, 1.54) is 18.5 Å². The second-order valence-electron chi connectivity index (χ2n) is 5.69. The van der Waals surface area contributed by atoms with E-state index in [0.29, 0.717) is 0 Å². The highest BCUT2D eigenvalue weighted by Crippen LogP contribution is 2.37. The Kier molecular flexibility index (Phi) is 5.29. The Morgan fingerprint density at radius 2 is 2.04 bits per heavy atom. The van der Waals surface area contributed by atoms with Crippen LogP contribution in [0.25, 0.3) is 0 Å². The average molecular weight is 400 g/mol. The van der Waals surface area contributed by atoms with Gasteiger partial charge in [-0.2, -0.15) is 0 Å². The lowest BCUT2D eigenvalue weighted by molar-refractivity contribution is -0.0145. The van der Waals surface area contributed by atoms with Crippen LogP contribution in [-0.4, -0.2) is 41.3 Å². The summed E-state index contributed by atoms with van der Waals surface area (Å²) in [5, 5.41) is 2.65. The second-order valence-corrected chi connectivity index (χ2v) is 6.13. The number of nitrogens with two attached hydrogens (primary N) is 1. The van der Waals surface area contributed by atoms with E-state index in [1.807, 2.05) is 0 Å². The largest absolute Gasteiger partial charge is 0.385 e. The van der Waals surface area contributed by atoms with Gasteiger partial charge < -0.3 is 15.8 Å². The Balaban J connectivity index is 1.95. The van der Waals surface area contributed by atoms with Crippen molar-refractivity contribution < 1.29 is 22.7 Å². The van der Waals surface area contributed by atoms with E-state index in [0.717, 1.165) is 12.1 Å². The van der Waals surface area contributed by atoms with E-state index >= 15 is 0 Å². The molecule has 0 radical (unpaired) electrons. The number of hydrogen-bond acceptors (Lipinski definition) is 6. The first-order chi connectivity index (χ1) is 12.8. The van der Waals surface area contributed by atoms with E-state index in [1.54, 1.807) is 0 Å². The number of hydrogen-bond donors (Lipinski definition) is 2. The van der Waals surface area contributed by atoms with Crippen LogP contribution in [-0.2, 0) is 10.3 Å². The number of amides is 1. The highest BCUT2D eigenvalue weighted by Gasteiger charge is 2.46. The van der Waals surface area contributed by atoms with Crippen molar-refractivity contribution in [2.75, 3.05) is 18.5 Å². The summed E-state index contributed by atoms with van der Waals surface area (Å²) in [5.41, 5.74) is 2.81. The number of aromatic nitrogens is 2. The van der Waals surface area contributed by atoms with Crippen molar-refractivity contribution in [1.82, 2.24) is 9.97 Å². The number of rotatable bonds is 4. The Bertz CT molecular complexity index is 894. The number of benzene rings is 1. The summed E-state index contributed by atoms with van der Waals surface area (Å²) in [7, 11) is 0. The molecule has 3 rings (SSSR count). The third-order valence-electron chi connectivity index (χ3n) is 3.79. The maximum atomic E-state index is 14.3. The minimum Gasteiger partial charge on any atom is -0.385 e. The van der Waals surface area contributed by atoms with E-state index in [2.05, 4.69) is 20.3 Å². The number of halogens is 4. The van der Waals surface area contributed by atoms with Crippen molar-refractivity contribution in [3.05, 3.63) is 52.8 Å². The molecule has 0 aliphatic carbocycles. The molecule has 1 aromatic carbocycles. The van der Waals surface area contributed by atoms with Crippen LogP contribution in [0.5, 0.6) is 0 Å². The summed E-state index contributed by atoms with van der Waals surface area (Å²) < 4.78 is 47.0. The van der Waals surface area contributed by atoms with Crippen LogP contribution in [0.15, 0.2) is 35.6 Å². The molecular weight excluding hydrogens is 387 g/mol. The van der Waals surface area contributed by atoms with Gasteiger partial charge in [0.1, 0.15) is 18.3 Å². The van der Waals surface area contributed by atoms with Crippen molar-refractivity contribution in [3.63, 3.8) is 0 Å². The number of amidine groups is 1. The van der Waals surface area contributed by atoms with Crippen LogP contribution in [0.1, 0.15) is 16.2 Å². The summed E-state index contributed by atoms with van der Waals surface area (Å²) in [4.78, 5) is 23.4. The van der Waals surface area contributed by atoms with Gasteiger partial charge in [-0.25, -0.2) is 23.1 Å². The molecule has 1 aliphatic rings. The van der Waals surface area contributed by atoms with Gasteiger partial charge in [0.25, 0.3) is 12.3 Å². The summed E-state index contributed by atoms with van der Waals surface area (Å²) >= 11 is 5.65. The molecule has 0 saturated heterocycles. The molecule has 0 spiro atoms. The van der Waals surface area contributed by atoms with Crippen molar-refractivity contribution >= 4 is 29.0 Å². The van der Waals surface area contributed by atoms with Gasteiger partial charge >= 0.3 is 0 Å². The van der Waals surface area contributed by atoms with E-state index in [4.69, 9.17) is 22.1 Å². The molecule has 1 atom stereocenters. The summed E-state index contributed by atoms with van der Waals surface area (Å²) in [6.07, 6.45) is -0.638. The van der Waals surface area contributed by atoms with Crippen molar-refractivity contribution in [2.45, 2.75) is 12.0 Å². The van der Waals surface area contributed by atoms with Gasteiger partial charge in [-0.05, 0) is 18.2 Å². The quantitative estimate of drug-likeness (QED) is 0.821. The van der Waals surface area contributed by atoms with Crippen molar-refractivity contribution in [1.29, 1.82) is 0 Å². The number of carbonyl (C=O) groups excluding carboxylic acids is 1. The minimum atomic E-state index is -3.09. The zero-order valence-electron chi connectivity index (χ0n) is 13.6. The molecule has 27 heavy (non-hydrogen) atoms. The maximum absolute atomic E-state index is 14.3. The van der Waals surface area contributed by atoms with Crippen molar-refractivity contribution in [2.24, 2.45) is 10.7 Å². The zero-order valence-corrected chi connectivity index (χ0v) is 14.4. The summed E-state index contributed by atoms with van der Waals surface area (Å²) in [5.74, 6) is -2.03. The number of ether oxygens (including phenoxy) is 1. The van der Waals surface area contributed by atoms with Crippen LogP contribution in [0, 0.1) is 5.82 Å². The van der Waals surface area contributed by atoms with E-state index < -0.39 is 35.9 Å². The number of anilines is 1. The Labute approximate surface area is 156 Å². The molecular formula is C16H13ClF3N5O2. The van der Waals surface area contributed by atoms with Gasteiger partial charge in [0.2, 0.25) is 5.82 Å². The lowest BCUT2D eigenvalue weighted by Gasteiger charge is -2.33. The molecule has 1 amide bonds. The number of carbonyl (C=O) groups is 1. The average Bonchev–Trinajstić information content (AvgIpc) is 2.63. The summed E-state index contributed by atoms with van der Waals surface area (Å²) in [6.45, 7) is -0.680. The molecule has 2 aromatic rings. The molecule has 1 aromatic heterocycles. The topological polar surface area (TPSA) is 102 Å². The molecule has 0 saturated carbocycles. The first-order valence-corrected chi connectivity index (χ1v) is 7.98. The first kappa shape index (κ1) is 19.1. The number of nitrogens with one attached hydrogen (secondary N) is 1. The minimum absolute atomic E-state index is 0.0503. The fourth-order valence-electron chi connectivity index (χ4n) is 2.55. The molecule has 3 N–H and O–H groups in total. The third kappa shape index (κ3) is 3.86. The van der Waals surface area contributed by atoms with Crippen LogP contribution in [0.3, 0.4) is 0 Å². The van der Waals surface area contributed by atoms with Gasteiger partial charge in [-0.3, -0.25) is 9.79 Å². The highest BCUT2D eigenvalue weighted by atomic mass is 35.5. The highest BCUT2D eigenvalue weighted by molar-refractivity contribution is 6.30. The van der Waals surface area contributed by atoms with Crippen molar-refractivity contribution in [3.8, 4) is 0 Å². The van der Waals surface area contributed by atoms with Crippen LogP contribution >= 0.6 is 11.6 Å². The monoisotopic (exact) mass is 399 g/mol. The fourth-order valence-corrected chi connectivity index (χ4v) is 2.65. The predicted molar refractivity (Wildman–Crippen MR) is 91.5 cm³/mol. The summed E-state index contributed by atoms with van der Waals surface area (Å²) in [6, 6.07) is 3.21. The van der Waals surface area contributed by atoms with Crippen LogP contribution < -0.4 is 11.1 Å². The maximum Gasteiger partial charge on any atom is 0.293 e. The molecule has 0 unspecified atom stereocenters. The predicted octanol–water partition coefficient (Wildman–Crippen LogP) is 2.37. The molecule has 0 fully saturated rings.